The molecule has 0 saturated heterocycles. The minimum atomic E-state index is 0.489. The molecule has 0 aliphatic heterocycles. The van der Waals surface area contributed by atoms with Gasteiger partial charge in [-0.05, 0) is 12.1 Å². The van der Waals surface area contributed by atoms with Gasteiger partial charge in [0.25, 0.3) is 0 Å². The summed E-state index contributed by atoms with van der Waals surface area (Å²) in [4.78, 5) is 2.00. The molecule has 0 atom stereocenters. The number of anilines is 2. The van der Waals surface area contributed by atoms with Crippen molar-refractivity contribution in [2.75, 3.05) is 38.9 Å². The first-order chi connectivity index (χ1) is 10.0. The van der Waals surface area contributed by atoms with E-state index in [1.165, 1.54) is 0 Å². The van der Waals surface area contributed by atoms with Gasteiger partial charge in [-0.25, -0.2) is 0 Å². The van der Waals surface area contributed by atoms with Gasteiger partial charge in [-0.15, -0.1) is 0 Å². The highest BCUT2D eigenvalue weighted by Gasteiger charge is 2.11. The van der Waals surface area contributed by atoms with Gasteiger partial charge < -0.3 is 24.8 Å². The van der Waals surface area contributed by atoms with Crippen LogP contribution < -0.4 is 24.8 Å². The summed E-state index contributed by atoms with van der Waals surface area (Å²) < 4.78 is 16.3. The fraction of sp³-hybridized carbons (Fsp3) is 0.250. The van der Waals surface area contributed by atoms with E-state index in [9.17, 15) is 0 Å². The third-order valence-electron chi connectivity index (χ3n) is 3.08. The van der Waals surface area contributed by atoms with Crippen LogP contribution in [0.5, 0.6) is 23.0 Å². The molecule has 2 N–H and O–H groups in total. The Morgan fingerprint density at radius 2 is 1.57 bits per heavy atom. The Kier molecular flexibility index (Phi) is 4.42. The average Bonchev–Trinajstić information content (AvgIpc) is 2.49. The fourth-order valence-electron chi connectivity index (χ4n) is 1.92. The number of benzene rings is 2. The van der Waals surface area contributed by atoms with Crippen LogP contribution in [0.2, 0.25) is 0 Å². The van der Waals surface area contributed by atoms with Gasteiger partial charge in [-0.1, -0.05) is 6.07 Å². The number of nitrogens with zero attached hydrogens (tertiary/aromatic N) is 1. The molecule has 112 valence electrons. The minimum Gasteiger partial charge on any atom is -0.493 e. The number of hydrogen-bond acceptors (Lipinski definition) is 5. The highest BCUT2D eigenvalue weighted by atomic mass is 16.5. The maximum Gasteiger partial charge on any atom is 0.164 e. The van der Waals surface area contributed by atoms with Crippen molar-refractivity contribution in [2.24, 2.45) is 0 Å². The summed E-state index contributed by atoms with van der Waals surface area (Å²) in [7, 11) is 7.09. The zero-order valence-corrected chi connectivity index (χ0v) is 12.7. The summed E-state index contributed by atoms with van der Waals surface area (Å²) >= 11 is 0. The SMILES string of the molecule is COc1cc(N)c(Oc2cccc(N(C)C)c2)cc1OC. The van der Waals surface area contributed by atoms with Crippen molar-refractivity contribution in [1.29, 1.82) is 0 Å². The Balaban J connectivity index is 2.33. The summed E-state index contributed by atoms with van der Waals surface area (Å²) in [6.07, 6.45) is 0. The lowest BCUT2D eigenvalue weighted by molar-refractivity contribution is 0.352. The van der Waals surface area contributed by atoms with E-state index in [-0.39, 0.29) is 0 Å². The second kappa shape index (κ2) is 6.26. The van der Waals surface area contributed by atoms with Crippen LogP contribution in [0.15, 0.2) is 36.4 Å². The summed E-state index contributed by atoms with van der Waals surface area (Å²) in [5, 5.41) is 0. The monoisotopic (exact) mass is 288 g/mol. The van der Waals surface area contributed by atoms with Crippen LogP contribution in [0.25, 0.3) is 0 Å². The molecule has 0 aromatic heterocycles. The largest absolute Gasteiger partial charge is 0.493 e. The second-order valence-corrected chi connectivity index (χ2v) is 4.74. The molecule has 0 amide bonds. The molecule has 0 radical (unpaired) electrons. The predicted molar refractivity (Wildman–Crippen MR) is 84.8 cm³/mol. The van der Waals surface area contributed by atoms with Crippen molar-refractivity contribution in [2.45, 2.75) is 0 Å². The highest BCUT2D eigenvalue weighted by Crippen LogP contribution is 2.38. The van der Waals surface area contributed by atoms with E-state index in [2.05, 4.69) is 0 Å². The van der Waals surface area contributed by atoms with E-state index < -0.39 is 0 Å². The van der Waals surface area contributed by atoms with Crippen LogP contribution in [0.3, 0.4) is 0 Å². The zero-order valence-electron chi connectivity index (χ0n) is 12.7. The topological polar surface area (TPSA) is 57.0 Å². The van der Waals surface area contributed by atoms with Crippen LogP contribution in [-0.2, 0) is 0 Å². The van der Waals surface area contributed by atoms with Gasteiger partial charge in [0.05, 0.1) is 19.9 Å². The maximum atomic E-state index is 6.00. The molecule has 0 saturated carbocycles. The number of nitrogens with two attached hydrogens (primary N) is 1. The molecule has 2 rings (SSSR count). The van der Waals surface area contributed by atoms with Crippen molar-refractivity contribution in [3.05, 3.63) is 36.4 Å². The van der Waals surface area contributed by atoms with Crippen molar-refractivity contribution < 1.29 is 14.2 Å². The molecule has 0 spiro atoms. The van der Waals surface area contributed by atoms with Crippen LogP contribution in [-0.4, -0.2) is 28.3 Å². The summed E-state index contributed by atoms with van der Waals surface area (Å²) in [6, 6.07) is 11.2. The molecule has 2 aromatic carbocycles. The lowest BCUT2D eigenvalue weighted by Gasteiger charge is -2.16. The average molecular weight is 288 g/mol. The highest BCUT2D eigenvalue weighted by molar-refractivity contribution is 5.63. The summed E-state index contributed by atoms with van der Waals surface area (Å²) in [5.74, 6) is 2.39. The van der Waals surface area contributed by atoms with E-state index >= 15 is 0 Å². The Morgan fingerprint density at radius 1 is 0.905 bits per heavy atom. The smallest absolute Gasteiger partial charge is 0.164 e. The first-order valence-electron chi connectivity index (χ1n) is 6.52. The molecule has 0 aliphatic rings. The fourth-order valence-corrected chi connectivity index (χ4v) is 1.92. The maximum absolute atomic E-state index is 6.00. The van der Waals surface area contributed by atoms with Crippen molar-refractivity contribution in [3.63, 3.8) is 0 Å². The number of rotatable bonds is 5. The zero-order chi connectivity index (χ0) is 15.4. The molecular formula is C16H20N2O3. The van der Waals surface area contributed by atoms with Gasteiger partial charge in [-0.2, -0.15) is 0 Å². The normalized spacial score (nSPS) is 10.1. The number of methoxy groups -OCH3 is 2. The summed E-state index contributed by atoms with van der Waals surface area (Å²) in [5.41, 5.74) is 7.53. The van der Waals surface area contributed by atoms with E-state index in [0.717, 1.165) is 5.69 Å². The molecule has 0 unspecified atom stereocenters. The van der Waals surface area contributed by atoms with Gasteiger partial charge in [0.1, 0.15) is 5.75 Å². The van der Waals surface area contributed by atoms with Crippen LogP contribution >= 0.6 is 0 Å². The van der Waals surface area contributed by atoms with E-state index in [4.69, 9.17) is 19.9 Å². The quantitative estimate of drug-likeness (QED) is 0.857. The number of hydrogen-bond donors (Lipinski definition) is 1. The molecule has 5 nitrogen and oxygen atoms in total. The van der Waals surface area contributed by atoms with Crippen molar-refractivity contribution in [1.82, 2.24) is 0 Å². The van der Waals surface area contributed by atoms with Gasteiger partial charge in [0.15, 0.2) is 17.2 Å². The molecule has 0 heterocycles. The van der Waals surface area contributed by atoms with Crippen LogP contribution in [0, 0.1) is 0 Å². The van der Waals surface area contributed by atoms with E-state index in [1.54, 1.807) is 26.4 Å². The Hall–Kier alpha value is -2.56. The molecule has 5 heteroatoms. The predicted octanol–water partition coefficient (Wildman–Crippen LogP) is 3.14. The second-order valence-electron chi connectivity index (χ2n) is 4.74. The lowest BCUT2D eigenvalue weighted by atomic mass is 10.2. The Bertz CT molecular complexity index is 627. The molecule has 0 fully saturated rings. The van der Waals surface area contributed by atoms with Crippen LogP contribution in [0.4, 0.5) is 11.4 Å². The molecule has 21 heavy (non-hydrogen) atoms. The Morgan fingerprint density at radius 3 is 2.19 bits per heavy atom. The van der Waals surface area contributed by atoms with E-state index in [1.807, 2.05) is 43.3 Å². The van der Waals surface area contributed by atoms with Gasteiger partial charge >= 0.3 is 0 Å². The van der Waals surface area contributed by atoms with Crippen molar-refractivity contribution >= 4 is 11.4 Å². The lowest BCUT2D eigenvalue weighted by Crippen LogP contribution is -2.08. The minimum absolute atomic E-state index is 0.489. The first kappa shape index (κ1) is 14.8. The third kappa shape index (κ3) is 3.31. The number of nitrogen functional groups attached to an aromatic ring is 1. The third-order valence-corrected chi connectivity index (χ3v) is 3.08. The molecular weight excluding hydrogens is 268 g/mol. The van der Waals surface area contributed by atoms with Crippen LogP contribution in [0.1, 0.15) is 0 Å². The van der Waals surface area contributed by atoms with Gasteiger partial charge in [0.2, 0.25) is 0 Å². The first-order valence-corrected chi connectivity index (χ1v) is 6.52. The standard InChI is InChI=1S/C16H20N2O3/c1-18(2)11-6-5-7-12(8-11)21-14-10-16(20-4)15(19-3)9-13(14)17/h5-10H,17H2,1-4H3. The number of ether oxygens (including phenoxy) is 3. The molecule has 0 aliphatic carbocycles. The van der Waals surface area contributed by atoms with Gasteiger partial charge in [-0.3, -0.25) is 0 Å². The van der Waals surface area contributed by atoms with Gasteiger partial charge in [0, 0.05) is 38.0 Å². The molecule has 0 bridgehead atoms. The van der Waals surface area contributed by atoms with E-state index in [0.29, 0.717) is 28.7 Å². The van der Waals surface area contributed by atoms with Crippen molar-refractivity contribution in [3.8, 4) is 23.0 Å². The molecule has 2 aromatic rings. The summed E-state index contributed by atoms with van der Waals surface area (Å²) in [6.45, 7) is 0. The Labute approximate surface area is 124 Å².